The molecule has 0 bridgehead atoms. The van der Waals surface area contributed by atoms with Crippen LogP contribution in [-0.2, 0) is 33.2 Å². The highest BCUT2D eigenvalue weighted by molar-refractivity contribution is 5.88. The van der Waals surface area contributed by atoms with E-state index in [-0.39, 0.29) is 37.1 Å². The summed E-state index contributed by atoms with van der Waals surface area (Å²) in [5.41, 5.74) is -4.68. The van der Waals surface area contributed by atoms with Gasteiger partial charge in [0.25, 0.3) is 0 Å². The van der Waals surface area contributed by atoms with Crippen LogP contribution in [0, 0.1) is 23.7 Å². The van der Waals surface area contributed by atoms with Crippen molar-refractivity contribution in [2.45, 2.75) is 179 Å². The van der Waals surface area contributed by atoms with E-state index in [0.29, 0.717) is 6.42 Å². The summed E-state index contributed by atoms with van der Waals surface area (Å²) in [5.74, 6) is -4.24. The Morgan fingerprint density at radius 3 is 2.08 bits per heavy atom. The molecule has 3 fully saturated rings. The van der Waals surface area contributed by atoms with Crippen molar-refractivity contribution in [2.24, 2.45) is 28.8 Å². The molecule has 0 saturated carbocycles. The second-order valence-corrected chi connectivity index (χ2v) is 16.6. The van der Waals surface area contributed by atoms with Crippen LogP contribution < -0.4 is 0 Å². The maximum Gasteiger partial charge on any atom is 0.311 e. The highest BCUT2D eigenvalue weighted by Gasteiger charge is 2.53. The Morgan fingerprint density at radius 1 is 0.923 bits per heavy atom. The summed E-state index contributed by atoms with van der Waals surface area (Å²) in [6.45, 7) is 16.6. The molecule has 15 heteroatoms. The highest BCUT2D eigenvalue weighted by Crippen LogP contribution is 2.41. The molecule has 3 heterocycles. The molecule has 3 aliphatic rings. The van der Waals surface area contributed by atoms with Gasteiger partial charge in [0.1, 0.15) is 23.9 Å². The minimum Gasteiger partial charge on any atom is -0.459 e. The molecule has 0 aromatic heterocycles. The zero-order chi connectivity index (χ0) is 39.7. The number of aliphatic hydroxyl groups excluding tert-OH is 3. The predicted octanol–water partition coefficient (Wildman–Crippen LogP) is 2.05. The molecule has 18 atom stereocenters. The van der Waals surface area contributed by atoms with Gasteiger partial charge in [0.15, 0.2) is 12.6 Å². The topological polar surface area (TPSA) is 209 Å². The van der Waals surface area contributed by atoms with Gasteiger partial charge in [0, 0.05) is 37.3 Å². The largest absolute Gasteiger partial charge is 0.459 e. The number of aliphatic hydroxyl groups is 5. The van der Waals surface area contributed by atoms with Crippen LogP contribution in [0.25, 0.3) is 0 Å². The summed E-state index contributed by atoms with van der Waals surface area (Å²) >= 11 is 0. The van der Waals surface area contributed by atoms with Crippen molar-refractivity contribution in [3.05, 3.63) is 0 Å². The number of ether oxygens (including phenoxy) is 6. The molecule has 3 saturated heterocycles. The second-order valence-electron chi connectivity index (χ2n) is 16.6. The lowest BCUT2D eigenvalue weighted by atomic mass is 9.73. The SMILES string of the molecule is CC[C@@H]1OC(=O)[C@H](C)[C@H](O[C@H]2CC(C)(OC)[C@@H](O)C(C)O2)[C@@H](C)[C@H](O[C@@H]2OC(C)CC(N(C)C)C2O)[C@](C)(O)C[C@H](C)/C(=N/O)[C@H](C)[C@@H](O)C1(C)O. The maximum absolute atomic E-state index is 14.1. The Kier molecular flexibility index (Phi) is 15.1. The average Bonchev–Trinajstić information content (AvgIpc) is 3.06. The summed E-state index contributed by atoms with van der Waals surface area (Å²) in [4.78, 5) is 16.0. The highest BCUT2D eigenvalue weighted by atomic mass is 16.7. The van der Waals surface area contributed by atoms with Crippen molar-refractivity contribution in [1.29, 1.82) is 0 Å². The Morgan fingerprint density at radius 2 is 1.54 bits per heavy atom. The quantitative estimate of drug-likeness (QED) is 0.125. The molecule has 3 rings (SSSR count). The Bertz CT molecular complexity index is 1200. The van der Waals surface area contributed by atoms with Crippen LogP contribution in [0.1, 0.15) is 94.9 Å². The van der Waals surface area contributed by atoms with E-state index in [4.69, 9.17) is 28.4 Å². The first kappa shape index (κ1) is 44.9. The molecule has 0 aromatic rings. The van der Waals surface area contributed by atoms with E-state index < -0.39 is 102 Å². The van der Waals surface area contributed by atoms with Gasteiger partial charge in [-0.05, 0) is 74.9 Å². The number of carbonyl (C=O) groups excluding carboxylic acids is 1. The zero-order valence-electron chi connectivity index (χ0n) is 33.4. The number of methoxy groups -OCH3 is 1. The van der Waals surface area contributed by atoms with Crippen LogP contribution in [0.5, 0.6) is 0 Å². The van der Waals surface area contributed by atoms with E-state index in [9.17, 15) is 35.5 Å². The molecule has 0 aromatic carbocycles. The smallest absolute Gasteiger partial charge is 0.311 e. The molecule has 52 heavy (non-hydrogen) atoms. The number of cyclic esters (lactones) is 1. The van der Waals surface area contributed by atoms with Crippen LogP contribution in [-0.4, -0.2) is 153 Å². The first-order valence-electron chi connectivity index (χ1n) is 18.7. The number of hydrogen-bond donors (Lipinski definition) is 6. The molecule has 304 valence electrons. The van der Waals surface area contributed by atoms with Crippen molar-refractivity contribution in [1.82, 2.24) is 4.90 Å². The number of esters is 1. The van der Waals surface area contributed by atoms with Crippen LogP contribution in [0.3, 0.4) is 0 Å². The third kappa shape index (κ3) is 9.47. The summed E-state index contributed by atoms with van der Waals surface area (Å²) < 4.78 is 37.2. The van der Waals surface area contributed by atoms with Crippen LogP contribution in [0.15, 0.2) is 5.16 Å². The molecule has 6 N–H and O–H groups in total. The number of nitrogens with zero attached hydrogens (tertiary/aromatic N) is 2. The molecule has 3 aliphatic heterocycles. The van der Waals surface area contributed by atoms with Gasteiger partial charge in [-0.15, -0.1) is 0 Å². The van der Waals surface area contributed by atoms with Gasteiger partial charge in [0.2, 0.25) is 0 Å². The van der Waals surface area contributed by atoms with Crippen molar-refractivity contribution >= 4 is 11.7 Å². The monoisotopic (exact) mass is 748 g/mol. The fourth-order valence-electron chi connectivity index (χ4n) is 8.61. The van der Waals surface area contributed by atoms with Gasteiger partial charge >= 0.3 is 5.97 Å². The number of carbonyl (C=O) groups is 1. The van der Waals surface area contributed by atoms with E-state index in [1.54, 1.807) is 55.4 Å². The second kappa shape index (κ2) is 17.5. The fraction of sp³-hybridized carbons (Fsp3) is 0.946. The summed E-state index contributed by atoms with van der Waals surface area (Å²) in [5, 5.41) is 71.8. The third-order valence-corrected chi connectivity index (χ3v) is 12.0. The number of likely N-dealkylation sites (N-methyl/N-ethyl adjacent to an activating group) is 1. The number of oxime groups is 1. The Labute approximate surface area is 309 Å². The molecule has 15 nitrogen and oxygen atoms in total. The lowest BCUT2D eigenvalue weighted by molar-refractivity contribution is -0.317. The standard InChI is InChI=1S/C37H68N2O13/c1-14-25-37(10,45)30(41)20(4)27(38-46)18(2)16-35(8,44)32(52-34-28(40)24(39(11)12)15-19(3)48-34)21(5)29(22(6)33(43)50-25)51-26-17-36(9,47-13)31(42)23(7)49-26/h18-26,28-32,34,40-42,44-46H,14-17H2,1-13H3/b38-27-/t18-,19?,20-,21+,22+,23?,24?,25-,26-,28?,29+,30+,31-,32-,34-,35+,36?,37?/m0/s1. The molecular formula is C37H68N2O13. The summed E-state index contributed by atoms with van der Waals surface area (Å²) in [6, 6.07) is -0.322. The summed E-state index contributed by atoms with van der Waals surface area (Å²) in [6.07, 6.45) is -9.51. The minimum atomic E-state index is -1.97. The third-order valence-electron chi connectivity index (χ3n) is 12.0. The van der Waals surface area contributed by atoms with Gasteiger partial charge in [-0.25, -0.2) is 0 Å². The molecule has 0 aliphatic carbocycles. The molecule has 0 spiro atoms. The Hall–Kier alpha value is -1.50. The molecule has 0 amide bonds. The van der Waals surface area contributed by atoms with Crippen molar-refractivity contribution in [3.63, 3.8) is 0 Å². The maximum atomic E-state index is 14.1. The van der Waals surface area contributed by atoms with Gasteiger partial charge in [-0.2, -0.15) is 0 Å². The van der Waals surface area contributed by atoms with Crippen LogP contribution >= 0.6 is 0 Å². The van der Waals surface area contributed by atoms with Crippen molar-refractivity contribution in [2.75, 3.05) is 21.2 Å². The summed E-state index contributed by atoms with van der Waals surface area (Å²) in [7, 11) is 5.19. The molecular weight excluding hydrogens is 680 g/mol. The lowest BCUT2D eigenvalue weighted by Crippen LogP contribution is -2.61. The van der Waals surface area contributed by atoms with Crippen LogP contribution in [0.4, 0.5) is 0 Å². The van der Waals surface area contributed by atoms with E-state index in [1.165, 1.54) is 14.0 Å². The predicted molar refractivity (Wildman–Crippen MR) is 190 cm³/mol. The number of rotatable bonds is 7. The normalized spacial score (nSPS) is 49.8. The van der Waals surface area contributed by atoms with E-state index in [1.807, 2.05) is 25.9 Å². The molecule has 6 unspecified atom stereocenters. The number of hydrogen-bond acceptors (Lipinski definition) is 15. The van der Waals surface area contributed by atoms with Crippen molar-refractivity contribution in [3.8, 4) is 0 Å². The van der Waals surface area contributed by atoms with Gasteiger partial charge in [-0.3, -0.25) is 4.79 Å². The first-order valence-corrected chi connectivity index (χ1v) is 18.7. The zero-order valence-corrected chi connectivity index (χ0v) is 33.4. The molecule has 0 radical (unpaired) electrons. The van der Waals surface area contributed by atoms with E-state index in [0.717, 1.165) is 0 Å². The fourth-order valence-corrected chi connectivity index (χ4v) is 8.61. The Balaban J connectivity index is 2.21. The van der Waals surface area contributed by atoms with Crippen LogP contribution in [0.2, 0.25) is 0 Å². The van der Waals surface area contributed by atoms with Gasteiger partial charge < -0.3 is 64.1 Å². The first-order chi connectivity index (χ1) is 24.0. The van der Waals surface area contributed by atoms with Gasteiger partial charge in [0.05, 0.1) is 53.4 Å². The average molecular weight is 749 g/mol. The van der Waals surface area contributed by atoms with E-state index in [2.05, 4.69) is 5.16 Å². The lowest BCUT2D eigenvalue weighted by Gasteiger charge is -2.49. The van der Waals surface area contributed by atoms with Gasteiger partial charge in [-0.1, -0.05) is 32.9 Å². The van der Waals surface area contributed by atoms with E-state index >= 15 is 0 Å². The minimum absolute atomic E-state index is 0.0657. The van der Waals surface area contributed by atoms with Crippen molar-refractivity contribution < 1.29 is 64.0 Å².